The first-order chi connectivity index (χ1) is 16.3. The number of anilines is 2. The lowest BCUT2D eigenvalue weighted by Crippen LogP contribution is -2.14. The fraction of sp³-hybridized carbons (Fsp3) is 0.286. The number of benzene rings is 3. The van der Waals surface area contributed by atoms with Crippen LogP contribution in [0.1, 0.15) is 59.5 Å². The number of hydrogen-bond donors (Lipinski definition) is 2. The Hall–Kier alpha value is -3.48. The Morgan fingerprint density at radius 3 is 1.38 bits per heavy atom. The van der Waals surface area contributed by atoms with E-state index in [0.717, 1.165) is 11.1 Å². The summed E-state index contributed by atoms with van der Waals surface area (Å²) < 4.78 is 11.2. The molecule has 0 bridgehead atoms. The minimum Gasteiger partial charge on any atom is -0.374 e. The van der Waals surface area contributed by atoms with Crippen molar-refractivity contribution < 1.29 is 19.1 Å². The first-order valence-corrected chi connectivity index (χ1v) is 11.4. The molecule has 0 spiro atoms. The van der Waals surface area contributed by atoms with Gasteiger partial charge in [0.05, 0.1) is 25.4 Å². The highest BCUT2D eigenvalue weighted by molar-refractivity contribution is 6.07. The lowest BCUT2D eigenvalue weighted by molar-refractivity contribution is 0.0656. The summed E-state index contributed by atoms with van der Waals surface area (Å²) in [5.74, 6) is -0.488. The molecule has 0 aliphatic rings. The Balaban J connectivity index is 1.59. The second-order valence-electron chi connectivity index (χ2n) is 8.61. The Kier molecular flexibility index (Phi) is 8.96. The van der Waals surface area contributed by atoms with Crippen molar-refractivity contribution in [3.63, 3.8) is 0 Å². The van der Waals surface area contributed by atoms with Gasteiger partial charge in [-0.3, -0.25) is 9.59 Å². The van der Waals surface area contributed by atoms with Gasteiger partial charge >= 0.3 is 0 Å². The fourth-order valence-corrected chi connectivity index (χ4v) is 3.18. The molecule has 0 aliphatic carbocycles. The number of rotatable bonds is 10. The molecule has 0 atom stereocenters. The Labute approximate surface area is 201 Å². The number of nitrogens with one attached hydrogen (secondary N) is 2. The van der Waals surface area contributed by atoms with Gasteiger partial charge in [0.25, 0.3) is 11.8 Å². The molecule has 3 rings (SSSR count). The van der Waals surface area contributed by atoms with Gasteiger partial charge in [0.1, 0.15) is 0 Å². The molecule has 6 nitrogen and oxygen atoms in total. The highest BCUT2D eigenvalue weighted by atomic mass is 16.5. The summed E-state index contributed by atoms with van der Waals surface area (Å²) >= 11 is 0. The van der Waals surface area contributed by atoms with E-state index < -0.39 is 0 Å². The summed E-state index contributed by atoms with van der Waals surface area (Å²) in [5, 5.41) is 5.79. The maximum absolute atomic E-state index is 12.7. The molecule has 2 amide bonds. The molecular weight excluding hydrogens is 428 g/mol. The summed E-state index contributed by atoms with van der Waals surface area (Å²) in [6, 6.07) is 21.7. The molecule has 178 valence electrons. The molecule has 0 fully saturated rings. The zero-order valence-electron chi connectivity index (χ0n) is 20.1. The van der Waals surface area contributed by atoms with Crippen molar-refractivity contribution in [2.45, 2.75) is 53.1 Å². The van der Waals surface area contributed by atoms with Crippen molar-refractivity contribution in [3.8, 4) is 0 Å². The highest BCUT2D eigenvalue weighted by Crippen LogP contribution is 2.16. The van der Waals surface area contributed by atoms with Crippen LogP contribution >= 0.6 is 0 Å². The van der Waals surface area contributed by atoms with Crippen LogP contribution < -0.4 is 10.6 Å². The standard InChI is InChI=1S/C28H32N2O4/c1-19(2)33-17-21-7-5-9-25(15-21)29-27(31)23-11-13-24(14-12-23)28(32)30-26-10-6-8-22(16-26)18-34-20(3)4/h5-16,19-20H,17-18H2,1-4H3,(H,29,31)(H,30,32). The van der Waals surface area contributed by atoms with Crippen molar-refractivity contribution in [2.24, 2.45) is 0 Å². The van der Waals surface area contributed by atoms with Crippen LogP contribution in [0.15, 0.2) is 72.8 Å². The highest BCUT2D eigenvalue weighted by Gasteiger charge is 2.11. The lowest BCUT2D eigenvalue weighted by Gasteiger charge is -2.11. The molecular formula is C28H32N2O4. The summed E-state index contributed by atoms with van der Waals surface area (Å²) in [6.07, 6.45) is 0.272. The van der Waals surface area contributed by atoms with Crippen LogP contribution in [0.2, 0.25) is 0 Å². The number of hydrogen-bond acceptors (Lipinski definition) is 4. The zero-order valence-corrected chi connectivity index (χ0v) is 20.1. The normalized spacial score (nSPS) is 11.0. The molecule has 2 N–H and O–H groups in total. The van der Waals surface area contributed by atoms with Crippen molar-refractivity contribution in [2.75, 3.05) is 10.6 Å². The van der Waals surface area contributed by atoms with Crippen LogP contribution in [0.5, 0.6) is 0 Å². The predicted molar refractivity (Wildman–Crippen MR) is 135 cm³/mol. The van der Waals surface area contributed by atoms with Gasteiger partial charge in [-0.25, -0.2) is 0 Å². The molecule has 0 aliphatic heterocycles. The first-order valence-electron chi connectivity index (χ1n) is 11.4. The van der Waals surface area contributed by atoms with E-state index in [1.165, 1.54) is 0 Å². The molecule has 0 saturated carbocycles. The van der Waals surface area contributed by atoms with E-state index >= 15 is 0 Å². The van der Waals surface area contributed by atoms with E-state index in [1.54, 1.807) is 24.3 Å². The molecule has 6 heteroatoms. The van der Waals surface area contributed by atoms with Gasteiger partial charge < -0.3 is 20.1 Å². The second kappa shape index (κ2) is 12.1. The van der Waals surface area contributed by atoms with Gasteiger partial charge in [-0.2, -0.15) is 0 Å². The zero-order chi connectivity index (χ0) is 24.5. The van der Waals surface area contributed by atoms with Gasteiger partial charge in [-0.1, -0.05) is 24.3 Å². The average Bonchev–Trinajstić information content (AvgIpc) is 2.82. The maximum atomic E-state index is 12.7. The van der Waals surface area contributed by atoms with Gasteiger partial charge in [0.2, 0.25) is 0 Å². The third kappa shape index (κ3) is 7.83. The van der Waals surface area contributed by atoms with Crippen molar-refractivity contribution >= 4 is 23.2 Å². The van der Waals surface area contributed by atoms with Gasteiger partial charge in [-0.05, 0) is 87.4 Å². The molecule has 3 aromatic rings. The minimum absolute atomic E-state index is 0.136. The summed E-state index contributed by atoms with van der Waals surface area (Å²) in [7, 11) is 0. The van der Waals surface area contributed by atoms with Gasteiger partial charge in [0.15, 0.2) is 0 Å². The smallest absolute Gasteiger partial charge is 0.255 e. The minimum atomic E-state index is -0.244. The van der Waals surface area contributed by atoms with Crippen molar-refractivity contribution in [3.05, 3.63) is 95.1 Å². The first kappa shape index (κ1) is 25.1. The molecule has 34 heavy (non-hydrogen) atoms. The second-order valence-corrected chi connectivity index (χ2v) is 8.61. The van der Waals surface area contributed by atoms with Gasteiger partial charge in [0, 0.05) is 22.5 Å². The SMILES string of the molecule is CC(C)OCc1cccc(NC(=O)c2ccc(C(=O)Nc3cccc(COC(C)C)c3)cc2)c1. The Morgan fingerprint density at radius 2 is 1.03 bits per heavy atom. The average molecular weight is 461 g/mol. The Bertz CT molecular complexity index is 1020. The summed E-state index contributed by atoms with van der Waals surface area (Å²) in [6.45, 7) is 8.90. The van der Waals surface area contributed by atoms with Crippen LogP contribution in [-0.2, 0) is 22.7 Å². The largest absolute Gasteiger partial charge is 0.374 e. The van der Waals surface area contributed by atoms with E-state index in [-0.39, 0.29) is 24.0 Å². The van der Waals surface area contributed by atoms with E-state index in [0.29, 0.717) is 35.7 Å². The Morgan fingerprint density at radius 1 is 0.647 bits per heavy atom. The van der Waals surface area contributed by atoms with Crippen LogP contribution in [-0.4, -0.2) is 24.0 Å². The van der Waals surface area contributed by atoms with Crippen LogP contribution in [0, 0.1) is 0 Å². The number of amides is 2. The summed E-state index contributed by atoms with van der Waals surface area (Å²) in [5.41, 5.74) is 4.29. The fourth-order valence-electron chi connectivity index (χ4n) is 3.18. The van der Waals surface area contributed by atoms with E-state index in [9.17, 15) is 9.59 Å². The lowest BCUT2D eigenvalue weighted by atomic mass is 10.1. The third-order valence-electron chi connectivity index (χ3n) is 4.95. The monoisotopic (exact) mass is 460 g/mol. The van der Waals surface area contributed by atoms with Gasteiger partial charge in [-0.15, -0.1) is 0 Å². The van der Waals surface area contributed by atoms with Crippen LogP contribution in [0.3, 0.4) is 0 Å². The molecule has 0 unspecified atom stereocenters. The van der Waals surface area contributed by atoms with Crippen LogP contribution in [0.4, 0.5) is 11.4 Å². The molecule has 0 heterocycles. The quantitative estimate of drug-likeness (QED) is 0.387. The molecule has 0 aromatic heterocycles. The topological polar surface area (TPSA) is 76.7 Å². The number of carbonyl (C=O) groups is 2. The molecule has 3 aromatic carbocycles. The van der Waals surface area contributed by atoms with E-state index in [2.05, 4.69) is 10.6 Å². The molecule has 0 saturated heterocycles. The van der Waals surface area contributed by atoms with E-state index in [4.69, 9.17) is 9.47 Å². The predicted octanol–water partition coefficient (Wildman–Crippen LogP) is 6.04. The third-order valence-corrected chi connectivity index (χ3v) is 4.95. The van der Waals surface area contributed by atoms with Crippen molar-refractivity contribution in [1.82, 2.24) is 0 Å². The van der Waals surface area contributed by atoms with Crippen LogP contribution in [0.25, 0.3) is 0 Å². The maximum Gasteiger partial charge on any atom is 0.255 e. The summed E-state index contributed by atoms with van der Waals surface area (Å²) in [4.78, 5) is 25.3. The van der Waals surface area contributed by atoms with E-state index in [1.807, 2.05) is 76.2 Å². The molecule has 0 radical (unpaired) electrons. The van der Waals surface area contributed by atoms with Crippen molar-refractivity contribution in [1.29, 1.82) is 0 Å². The number of ether oxygens (including phenoxy) is 2. The number of carbonyl (C=O) groups excluding carboxylic acids is 2.